The monoisotopic (exact) mass is 240 g/mol. The van der Waals surface area contributed by atoms with E-state index in [1.165, 1.54) is 18.2 Å². The molecule has 1 fully saturated rings. The van der Waals surface area contributed by atoms with E-state index in [-0.39, 0.29) is 24.1 Å². The first kappa shape index (κ1) is 12.0. The molecule has 0 spiro atoms. The van der Waals surface area contributed by atoms with E-state index in [4.69, 9.17) is 0 Å². The van der Waals surface area contributed by atoms with Crippen molar-refractivity contribution in [1.29, 1.82) is 0 Å². The third kappa shape index (κ3) is 3.00. The molecule has 3 nitrogen and oxygen atoms in total. The molecule has 1 unspecified atom stereocenters. The highest BCUT2D eigenvalue weighted by molar-refractivity contribution is 5.76. The van der Waals surface area contributed by atoms with Crippen LogP contribution in [0.3, 0.4) is 0 Å². The lowest BCUT2D eigenvalue weighted by molar-refractivity contribution is -0.122. The van der Waals surface area contributed by atoms with E-state index in [9.17, 15) is 13.6 Å². The number of benzene rings is 1. The Balaban J connectivity index is 1.91. The highest BCUT2D eigenvalue weighted by Crippen LogP contribution is 2.12. The van der Waals surface area contributed by atoms with Gasteiger partial charge in [-0.3, -0.25) is 4.79 Å². The van der Waals surface area contributed by atoms with Crippen LogP contribution in [0, 0.1) is 11.6 Å². The molecule has 1 atom stereocenters. The zero-order valence-corrected chi connectivity index (χ0v) is 9.30. The smallest absolute Gasteiger partial charge is 0.220 e. The molecule has 0 saturated carbocycles. The SMILES string of the molecule is O=C1CCC(NCc2c(F)cccc2F)CN1. The maximum absolute atomic E-state index is 13.3. The minimum Gasteiger partial charge on any atom is -0.355 e. The number of nitrogens with one attached hydrogen (secondary N) is 2. The molecule has 1 amide bonds. The van der Waals surface area contributed by atoms with Gasteiger partial charge in [0, 0.05) is 31.1 Å². The van der Waals surface area contributed by atoms with Gasteiger partial charge in [0.2, 0.25) is 5.91 Å². The standard InChI is InChI=1S/C12H14F2N2O/c13-10-2-1-3-11(14)9(10)7-15-8-4-5-12(17)16-6-8/h1-3,8,15H,4-7H2,(H,16,17). The van der Waals surface area contributed by atoms with Gasteiger partial charge in [0.25, 0.3) is 0 Å². The number of rotatable bonds is 3. The lowest BCUT2D eigenvalue weighted by Gasteiger charge is -2.23. The minimum absolute atomic E-state index is 0.0279. The predicted molar refractivity (Wildman–Crippen MR) is 59.2 cm³/mol. The number of amides is 1. The highest BCUT2D eigenvalue weighted by atomic mass is 19.1. The van der Waals surface area contributed by atoms with Crippen LogP contribution in [0.2, 0.25) is 0 Å². The van der Waals surface area contributed by atoms with E-state index in [1.807, 2.05) is 0 Å². The first-order valence-electron chi connectivity index (χ1n) is 5.60. The number of hydrogen-bond acceptors (Lipinski definition) is 2. The summed E-state index contributed by atoms with van der Waals surface area (Å²) < 4.78 is 26.6. The lowest BCUT2D eigenvalue weighted by Crippen LogP contribution is -2.45. The van der Waals surface area contributed by atoms with Crippen molar-refractivity contribution < 1.29 is 13.6 Å². The van der Waals surface area contributed by atoms with Gasteiger partial charge in [-0.25, -0.2) is 8.78 Å². The van der Waals surface area contributed by atoms with Crippen molar-refractivity contribution in [2.24, 2.45) is 0 Å². The summed E-state index contributed by atoms with van der Waals surface area (Å²) in [4.78, 5) is 10.9. The van der Waals surface area contributed by atoms with Crippen LogP contribution >= 0.6 is 0 Å². The molecule has 5 heteroatoms. The number of carbonyl (C=O) groups is 1. The first-order valence-corrected chi connectivity index (χ1v) is 5.60. The lowest BCUT2D eigenvalue weighted by atomic mass is 10.1. The topological polar surface area (TPSA) is 41.1 Å². The molecule has 1 saturated heterocycles. The third-order valence-electron chi connectivity index (χ3n) is 2.89. The molecule has 92 valence electrons. The molecule has 0 radical (unpaired) electrons. The molecular weight excluding hydrogens is 226 g/mol. The summed E-state index contributed by atoms with van der Waals surface area (Å²) in [7, 11) is 0. The Hall–Kier alpha value is -1.49. The van der Waals surface area contributed by atoms with Crippen LogP contribution in [0.4, 0.5) is 8.78 Å². The zero-order chi connectivity index (χ0) is 12.3. The Labute approximate surface area is 98.2 Å². The van der Waals surface area contributed by atoms with Gasteiger partial charge >= 0.3 is 0 Å². The second-order valence-corrected chi connectivity index (χ2v) is 4.12. The Kier molecular flexibility index (Phi) is 3.68. The van der Waals surface area contributed by atoms with Gasteiger partial charge < -0.3 is 10.6 Å². The summed E-state index contributed by atoms with van der Waals surface area (Å²) in [6.07, 6.45) is 1.15. The Bertz CT molecular complexity index is 393. The normalized spacial score (nSPS) is 20.1. The molecule has 2 N–H and O–H groups in total. The quantitative estimate of drug-likeness (QED) is 0.837. The minimum atomic E-state index is -0.544. The van der Waals surface area contributed by atoms with Gasteiger partial charge in [-0.05, 0) is 18.6 Å². The van der Waals surface area contributed by atoms with Crippen molar-refractivity contribution in [3.8, 4) is 0 Å². The zero-order valence-electron chi connectivity index (χ0n) is 9.30. The number of carbonyl (C=O) groups excluding carboxylic acids is 1. The summed E-state index contributed by atoms with van der Waals surface area (Å²) in [5.41, 5.74) is 0.0457. The Morgan fingerprint density at radius 2 is 2.06 bits per heavy atom. The van der Waals surface area contributed by atoms with Gasteiger partial charge in [0.1, 0.15) is 11.6 Å². The fourth-order valence-corrected chi connectivity index (χ4v) is 1.85. The van der Waals surface area contributed by atoms with Crippen molar-refractivity contribution in [3.05, 3.63) is 35.4 Å². The van der Waals surface area contributed by atoms with Gasteiger partial charge in [-0.15, -0.1) is 0 Å². The second kappa shape index (κ2) is 5.23. The summed E-state index contributed by atoms with van der Waals surface area (Å²) in [6, 6.07) is 3.90. The molecule has 1 aliphatic heterocycles. The van der Waals surface area contributed by atoms with Crippen molar-refractivity contribution in [2.75, 3.05) is 6.54 Å². The van der Waals surface area contributed by atoms with Crippen LogP contribution < -0.4 is 10.6 Å². The fraction of sp³-hybridized carbons (Fsp3) is 0.417. The van der Waals surface area contributed by atoms with E-state index in [0.29, 0.717) is 19.4 Å². The molecule has 17 heavy (non-hydrogen) atoms. The Morgan fingerprint density at radius 1 is 1.35 bits per heavy atom. The molecule has 1 aromatic carbocycles. The average molecular weight is 240 g/mol. The van der Waals surface area contributed by atoms with Gasteiger partial charge in [0.05, 0.1) is 0 Å². The predicted octanol–water partition coefficient (Wildman–Crippen LogP) is 1.33. The van der Waals surface area contributed by atoms with E-state index in [2.05, 4.69) is 10.6 Å². The highest BCUT2D eigenvalue weighted by Gasteiger charge is 2.18. The van der Waals surface area contributed by atoms with Crippen LogP contribution in [-0.2, 0) is 11.3 Å². The Morgan fingerprint density at radius 3 is 2.65 bits per heavy atom. The van der Waals surface area contributed by atoms with Crippen molar-refractivity contribution in [2.45, 2.75) is 25.4 Å². The molecule has 1 aliphatic rings. The summed E-state index contributed by atoms with van der Waals surface area (Å²) in [6.45, 7) is 0.647. The van der Waals surface area contributed by atoms with E-state index in [1.54, 1.807) is 0 Å². The van der Waals surface area contributed by atoms with E-state index >= 15 is 0 Å². The van der Waals surface area contributed by atoms with Crippen LogP contribution in [0.5, 0.6) is 0 Å². The van der Waals surface area contributed by atoms with Gasteiger partial charge in [0.15, 0.2) is 0 Å². The molecule has 1 aromatic rings. The number of hydrogen-bond donors (Lipinski definition) is 2. The molecule has 2 rings (SSSR count). The van der Waals surface area contributed by atoms with Gasteiger partial charge in [-0.2, -0.15) is 0 Å². The molecule has 0 aliphatic carbocycles. The molecule has 0 bridgehead atoms. The first-order chi connectivity index (χ1) is 8.16. The molecule has 0 aromatic heterocycles. The fourth-order valence-electron chi connectivity index (χ4n) is 1.85. The van der Waals surface area contributed by atoms with Gasteiger partial charge in [-0.1, -0.05) is 6.07 Å². The van der Waals surface area contributed by atoms with Crippen LogP contribution in [0.25, 0.3) is 0 Å². The summed E-state index contributed by atoms with van der Waals surface area (Å²) in [5, 5.41) is 5.75. The van der Waals surface area contributed by atoms with E-state index < -0.39 is 11.6 Å². The molecule has 1 heterocycles. The summed E-state index contributed by atoms with van der Waals surface area (Å²) in [5.74, 6) is -1.06. The van der Waals surface area contributed by atoms with Crippen molar-refractivity contribution >= 4 is 5.91 Å². The average Bonchev–Trinajstić information content (AvgIpc) is 2.31. The summed E-state index contributed by atoms with van der Waals surface area (Å²) >= 11 is 0. The van der Waals surface area contributed by atoms with Crippen molar-refractivity contribution in [1.82, 2.24) is 10.6 Å². The van der Waals surface area contributed by atoms with Crippen LogP contribution in [0.15, 0.2) is 18.2 Å². The van der Waals surface area contributed by atoms with Crippen molar-refractivity contribution in [3.63, 3.8) is 0 Å². The van der Waals surface area contributed by atoms with Crippen LogP contribution in [0.1, 0.15) is 18.4 Å². The number of halogens is 2. The maximum atomic E-state index is 13.3. The molecular formula is C12H14F2N2O. The second-order valence-electron chi connectivity index (χ2n) is 4.12. The van der Waals surface area contributed by atoms with Crippen LogP contribution in [-0.4, -0.2) is 18.5 Å². The maximum Gasteiger partial charge on any atom is 0.220 e. The largest absolute Gasteiger partial charge is 0.355 e. The van der Waals surface area contributed by atoms with E-state index in [0.717, 1.165) is 0 Å². The number of piperidine rings is 1. The third-order valence-corrected chi connectivity index (χ3v) is 2.89.